The average molecular weight is 451 g/mol. The van der Waals surface area contributed by atoms with Crippen LogP contribution in [0.1, 0.15) is 33.6 Å². The van der Waals surface area contributed by atoms with Crippen molar-refractivity contribution in [3.63, 3.8) is 0 Å². The molecule has 0 radical (unpaired) electrons. The SMILES string of the molecule is CC(C)(C)OC(=O)Nc1cc(N2CC[C@@H](O)C2=O)cc2cc(NC(=O)[C@H]3C[C@@H]3C#N)ncc12. The predicted molar refractivity (Wildman–Crippen MR) is 120 cm³/mol. The summed E-state index contributed by atoms with van der Waals surface area (Å²) >= 11 is 0. The standard InChI is InChI=1S/C23H25N5O5/c1-23(2,3)33-22(32)26-17-9-14(28-5-4-18(29)21(28)31)6-12-8-19(25-11-16(12)17)27-20(30)15-7-13(15)10-24/h6,8-9,11,13,15,18,29H,4-5,7H2,1-3H3,(H,26,32)(H,25,27,30)/t13-,15+,18-/m1/s1. The summed E-state index contributed by atoms with van der Waals surface area (Å²) in [6, 6.07) is 7.08. The summed E-state index contributed by atoms with van der Waals surface area (Å²) in [7, 11) is 0. The monoisotopic (exact) mass is 451 g/mol. The van der Waals surface area contributed by atoms with Gasteiger partial charge in [0, 0.05) is 30.2 Å². The van der Waals surface area contributed by atoms with Crippen molar-refractivity contribution >= 4 is 45.9 Å². The van der Waals surface area contributed by atoms with Crippen LogP contribution in [-0.4, -0.2) is 46.2 Å². The number of nitriles is 1. The second kappa shape index (κ2) is 8.33. The molecule has 3 atom stereocenters. The molecule has 0 spiro atoms. The first-order valence-electron chi connectivity index (χ1n) is 10.7. The summed E-state index contributed by atoms with van der Waals surface area (Å²) in [6.45, 7) is 5.58. The van der Waals surface area contributed by atoms with Crippen LogP contribution in [0.2, 0.25) is 0 Å². The minimum absolute atomic E-state index is 0.269. The van der Waals surface area contributed by atoms with Gasteiger partial charge in [0.2, 0.25) is 5.91 Å². The maximum atomic E-state index is 12.4. The van der Waals surface area contributed by atoms with E-state index in [2.05, 4.69) is 21.7 Å². The van der Waals surface area contributed by atoms with E-state index in [1.165, 1.54) is 11.1 Å². The highest BCUT2D eigenvalue weighted by atomic mass is 16.6. The largest absolute Gasteiger partial charge is 0.444 e. The molecule has 1 saturated heterocycles. The number of hydrogen-bond donors (Lipinski definition) is 3. The van der Waals surface area contributed by atoms with Crippen LogP contribution in [0.25, 0.3) is 10.8 Å². The Kier molecular flexibility index (Phi) is 5.68. The highest BCUT2D eigenvalue weighted by Crippen LogP contribution is 2.39. The van der Waals surface area contributed by atoms with Gasteiger partial charge in [0.05, 0.1) is 23.6 Å². The number of rotatable bonds is 4. The van der Waals surface area contributed by atoms with Crippen molar-refractivity contribution in [2.24, 2.45) is 11.8 Å². The van der Waals surface area contributed by atoms with Gasteiger partial charge in [0.1, 0.15) is 17.5 Å². The summed E-state index contributed by atoms with van der Waals surface area (Å²) < 4.78 is 5.35. The lowest BCUT2D eigenvalue weighted by Gasteiger charge is -2.22. The lowest BCUT2D eigenvalue weighted by molar-refractivity contribution is -0.124. The molecule has 2 heterocycles. The fourth-order valence-electron chi connectivity index (χ4n) is 3.75. The summed E-state index contributed by atoms with van der Waals surface area (Å²) in [4.78, 5) is 42.9. The van der Waals surface area contributed by atoms with Crippen LogP contribution in [0.15, 0.2) is 24.4 Å². The molecule has 172 valence electrons. The van der Waals surface area contributed by atoms with Crippen LogP contribution in [0.4, 0.5) is 22.0 Å². The molecule has 2 aliphatic rings. The molecule has 10 nitrogen and oxygen atoms in total. The fraction of sp³-hybridized carbons (Fsp3) is 0.435. The number of nitrogens with zero attached hydrogens (tertiary/aromatic N) is 3. The molecule has 10 heteroatoms. The van der Waals surface area contributed by atoms with Crippen LogP contribution < -0.4 is 15.5 Å². The number of hydrogen-bond acceptors (Lipinski definition) is 7. The molecule has 1 aliphatic carbocycles. The molecule has 1 aromatic heterocycles. The Morgan fingerprint density at radius 2 is 2.03 bits per heavy atom. The van der Waals surface area contributed by atoms with Crippen molar-refractivity contribution in [1.29, 1.82) is 5.26 Å². The normalized spacial score (nSPS) is 22.1. The Labute approximate surface area is 190 Å². The number of aliphatic hydroxyl groups is 1. The van der Waals surface area contributed by atoms with E-state index < -0.39 is 23.7 Å². The van der Waals surface area contributed by atoms with E-state index in [4.69, 9.17) is 10.00 Å². The van der Waals surface area contributed by atoms with Crippen molar-refractivity contribution in [2.45, 2.75) is 45.3 Å². The smallest absolute Gasteiger partial charge is 0.412 e. The van der Waals surface area contributed by atoms with Crippen molar-refractivity contribution in [3.05, 3.63) is 24.4 Å². The Bertz CT molecular complexity index is 1180. The third-order valence-electron chi connectivity index (χ3n) is 5.49. The number of anilines is 3. The second-order valence-electron chi connectivity index (χ2n) is 9.27. The predicted octanol–water partition coefficient (Wildman–Crippen LogP) is 2.78. The number of aromatic nitrogens is 1. The van der Waals surface area contributed by atoms with Gasteiger partial charge in [-0.15, -0.1) is 0 Å². The van der Waals surface area contributed by atoms with Gasteiger partial charge >= 0.3 is 6.09 Å². The van der Waals surface area contributed by atoms with Crippen LogP contribution in [0.5, 0.6) is 0 Å². The van der Waals surface area contributed by atoms with Gasteiger partial charge < -0.3 is 20.1 Å². The van der Waals surface area contributed by atoms with Gasteiger partial charge in [-0.3, -0.25) is 14.9 Å². The van der Waals surface area contributed by atoms with Crippen LogP contribution >= 0.6 is 0 Å². The molecule has 1 saturated carbocycles. The Morgan fingerprint density at radius 3 is 2.64 bits per heavy atom. The van der Waals surface area contributed by atoms with E-state index in [0.29, 0.717) is 47.4 Å². The number of ether oxygens (including phenoxy) is 1. The molecule has 2 aromatic rings. The summed E-state index contributed by atoms with van der Waals surface area (Å²) in [5.41, 5.74) is 0.167. The second-order valence-corrected chi connectivity index (χ2v) is 9.27. The van der Waals surface area contributed by atoms with E-state index in [9.17, 15) is 19.5 Å². The molecule has 2 fully saturated rings. The number of carbonyl (C=O) groups is 3. The van der Waals surface area contributed by atoms with Crippen molar-refractivity contribution in [3.8, 4) is 6.07 Å². The molecule has 33 heavy (non-hydrogen) atoms. The minimum Gasteiger partial charge on any atom is -0.444 e. The molecule has 0 unspecified atom stereocenters. The van der Waals surface area contributed by atoms with Crippen LogP contribution in [0.3, 0.4) is 0 Å². The number of amides is 3. The fourth-order valence-corrected chi connectivity index (χ4v) is 3.75. The van der Waals surface area contributed by atoms with Crippen LogP contribution in [-0.2, 0) is 14.3 Å². The summed E-state index contributed by atoms with van der Waals surface area (Å²) in [6.07, 6.45) is 0.620. The first kappa shape index (κ1) is 22.5. The van der Waals surface area contributed by atoms with Gasteiger partial charge in [0.15, 0.2) is 0 Å². The maximum Gasteiger partial charge on any atom is 0.412 e. The number of carbonyl (C=O) groups excluding carboxylic acids is 3. The molecular weight excluding hydrogens is 426 g/mol. The Hall–Kier alpha value is -3.71. The van der Waals surface area contributed by atoms with Gasteiger partial charge in [0.25, 0.3) is 5.91 Å². The van der Waals surface area contributed by atoms with E-state index in [1.807, 2.05) is 0 Å². The number of aliphatic hydroxyl groups excluding tert-OH is 1. The third-order valence-corrected chi connectivity index (χ3v) is 5.49. The van der Waals surface area contributed by atoms with Gasteiger partial charge in [-0.1, -0.05) is 0 Å². The molecule has 1 aliphatic heterocycles. The first-order valence-corrected chi connectivity index (χ1v) is 10.7. The molecule has 3 N–H and O–H groups in total. The molecule has 1 aromatic carbocycles. The number of nitrogens with one attached hydrogen (secondary N) is 2. The number of fused-ring (bicyclic) bond motifs is 1. The van der Waals surface area contributed by atoms with E-state index >= 15 is 0 Å². The Balaban J connectivity index is 1.68. The third kappa shape index (κ3) is 4.88. The highest BCUT2D eigenvalue weighted by Gasteiger charge is 2.43. The van der Waals surface area contributed by atoms with Crippen LogP contribution in [0, 0.1) is 23.2 Å². The summed E-state index contributed by atoms with van der Waals surface area (Å²) in [5, 5.41) is 25.4. The van der Waals surface area contributed by atoms with Crippen molar-refractivity contribution < 1.29 is 24.2 Å². The van der Waals surface area contributed by atoms with Gasteiger partial charge in [-0.25, -0.2) is 9.78 Å². The lowest BCUT2D eigenvalue weighted by atomic mass is 10.1. The average Bonchev–Trinajstić information content (AvgIpc) is 3.45. The van der Waals surface area contributed by atoms with E-state index in [-0.39, 0.29) is 17.7 Å². The van der Waals surface area contributed by atoms with Gasteiger partial charge in [-0.2, -0.15) is 5.26 Å². The van der Waals surface area contributed by atoms with E-state index in [0.717, 1.165) is 0 Å². The van der Waals surface area contributed by atoms with Crippen molar-refractivity contribution in [1.82, 2.24) is 4.98 Å². The number of benzene rings is 1. The number of pyridine rings is 1. The zero-order chi connectivity index (χ0) is 23.9. The molecule has 3 amide bonds. The zero-order valence-electron chi connectivity index (χ0n) is 18.6. The lowest BCUT2D eigenvalue weighted by Crippen LogP contribution is -2.29. The molecular formula is C23H25N5O5. The minimum atomic E-state index is -1.07. The molecule has 0 bridgehead atoms. The highest BCUT2D eigenvalue weighted by molar-refractivity contribution is 6.07. The van der Waals surface area contributed by atoms with Crippen molar-refractivity contribution in [2.75, 3.05) is 22.1 Å². The quantitative estimate of drug-likeness (QED) is 0.648. The van der Waals surface area contributed by atoms with E-state index in [1.54, 1.807) is 39.0 Å². The first-order chi connectivity index (χ1) is 15.6. The molecule has 4 rings (SSSR count). The Morgan fingerprint density at radius 1 is 1.27 bits per heavy atom. The zero-order valence-corrected chi connectivity index (χ0v) is 18.6. The summed E-state index contributed by atoms with van der Waals surface area (Å²) in [5.74, 6) is -1.00. The van der Waals surface area contributed by atoms with Gasteiger partial charge in [-0.05, 0) is 50.8 Å². The topological polar surface area (TPSA) is 145 Å². The maximum absolute atomic E-state index is 12.4.